The van der Waals surface area contributed by atoms with Crippen LogP contribution in [-0.4, -0.2) is 23.5 Å². The summed E-state index contributed by atoms with van der Waals surface area (Å²) in [4.78, 5) is 23.5. The molecule has 1 aromatic carbocycles. The van der Waals surface area contributed by atoms with Crippen LogP contribution in [-0.2, 0) is 4.79 Å². The lowest BCUT2D eigenvalue weighted by atomic mass is 10.1. The molecule has 1 aliphatic heterocycles. The maximum Gasteiger partial charge on any atom is 0.341 e. The molecule has 0 radical (unpaired) electrons. The third-order valence-electron chi connectivity index (χ3n) is 2.59. The highest BCUT2D eigenvalue weighted by Crippen LogP contribution is 2.35. The number of carboxylic acids is 1. The topological polar surface area (TPSA) is 63.6 Å². The van der Waals surface area contributed by atoms with Crippen LogP contribution >= 0.6 is 35.0 Å². The Balaban J connectivity index is 2.23. The summed E-state index contributed by atoms with van der Waals surface area (Å²) in [7, 11) is 0. The molecule has 2 rings (SSSR count). The Morgan fingerprint density at radius 2 is 2.00 bits per heavy atom. The molecule has 0 unspecified atom stereocenters. The van der Waals surface area contributed by atoms with Crippen LogP contribution in [0.25, 0.3) is 0 Å². The van der Waals surface area contributed by atoms with Gasteiger partial charge in [-0.25, -0.2) is 4.79 Å². The highest BCUT2D eigenvalue weighted by molar-refractivity contribution is 8.06. The molecule has 1 aliphatic rings. The summed E-state index contributed by atoms with van der Waals surface area (Å²) in [6.45, 7) is -0.541. The molecule has 0 saturated heterocycles. The van der Waals surface area contributed by atoms with Crippen LogP contribution < -0.4 is 4.74 Å². The van der Waals surface area contributed by atoms with Crippen LogP contribution in [0.1, 0.15) is 10.4 Å². The van der Waals surface area contributed by atoms with Crippen molar-refractivity contribution in [1.29, 1.82) is 0 Å². The molecule has 1 heterocycles. The van der Waals surface area contributed by atoms with E-state index in [1.54, 1.807) is 0 Å². The quantitative estimate of drug-likeness (QED) is 0.627. The van der Waals surface area contributed by atoms with Crippen LogP contribution in [0, 0.1) is 0 Å². The van der Waals surface area contributed by atoms with Gasteiger partial charge >= 0.3 is 5.97 Å². The predicted octanol–water partition coefficient (Wildman–Crippen LogP) is 4.34. The van der Waals surface area contributed by atoms with Gasteiger partial charge in [0.1, 0.15) is 10.8 Å². The van der Waals surface area contributed by atoms with E-state index in [2.05, 4.69) is 0 Å². The maximum absolute atomic E-state index is 12.2. The van der Waals surface area contributed by atoms with Gasteiger partial charge in [-0.1, -0.05) is 47.1 Å². The summed E-state index contributed by atoms with van der Waals surface area (Å²) in [5.74, 6) is -1.31. The van der Waals surface area contributed by atoms with E-state index >= 15 is 0 Å². The lowest BCUT2D eigenvalue weighted by molar-refractivity contribution is -0.139. The number of benzene rings is 1. The van der Waals surface area contributed by atoms with Crippen molar-refractivity contribution in [3.8, 4) is 5.75 Å². The number of hydrogen-bond acceptors (Lipinski definition) is 4. The van der Waals surface area contributed by atoms with Crippen molar-refractivity contribution in [3.05, 3.63) is 62.4 Å². The first kappa shape index (κ1) is 16.7. The zero-order valence-corrected chi connectivity index (χ0v) is 13.4. The van der Waals surface area contributed by atoms with Crippen molar-refractivity contribution in [2.75, 3.05) is 6.61 Å². The van der Waals surface area contributed by atoms with Gasteiger partial charge in [0.05, 0.1) is 5.02 Å². The van der Waals surface area contributed by atoms with Crippen molar-refractivity contribution in [3.63, 3.8) is 0 Å². The first-order valence-corrected chi connectivity index (χ1v) is 7.71. The number of halogens is 2. The van der Waals surface area contributed by atoms with Gasteiger partial charge in [0, 0.05) is 16.5 Å². The highest BCUT2D eigenvalue weighted by Gasteiger charge is 2.16. The van der Waals surface area contributed by atoms with E-state index in [4.69, 9.17) is 33.0 Å². The minimum atomic E-state index is -1.13. The zero-order chi connectivity index (χ0) is 16.1. The molecular formula is C15H10Cl2O4S. The Bertz CT molecular complexity index is 708. The number of hydrogen-bond donors (Lipinski definition) is 1. The van der Waals surface area contributed by atoms with E-state index in [9.17, 15) is 9.59 Å². The molecule has 0 fully saturated rings. The summed E-state index contributed by atoms with van der Waals surface area (Å²) >= 11 is 13.5. The normalized spacial score (nSPS) is 15.1. The number of aliphatic carboxylic acids is 1. The van der Waals surface area contributed by atoms with Crippen molar-refractivity contribution >= 4 is 46.7 Å². The lowest BCUT2D eigenvalue weighted by Crippen LogP contribution is -2.10. The maximum atomic E-state index is 12.2. The Morgan fingerprint density at radius 1 is 1.23 bits per heavy atom. The van der Waals surface area contributed by atoms with Gasteiger partial charge in [0.2, 0.25) is 0 Å². The summed E-state index contributed by atoms with van der Waals surface area (Å²) in [6, 6.07) is 2.88. The SMILES string of the molecule is O=C(O)COc1ccc(C(=O)C=C2C=CC=CS2)c(Cl)c1Cl. The largest absolute Gasteiger partial charge is 0.480 e. The van der Waals surface area contributed by atoms with Crippen LogP contribution in [0.15, 0.2) is 46.8 Å². The van der Waals surface area contributed by atoms with Crippen LogP contribution in [0.4, 0.5) is 0 Å². The molecule has 0 spiro atoms. The smallest absolute Gasteiger partial charge is 0.341 e. The number of ketones is 1. The minimum absolute atomic E-state index is 0.0129. The van der Waals surface area contributed by atoms with E-state index in [0.29, 0.717) is 0 Å². The van der Waals surface area contributed by atoms with Crippen molar-refractivity contribution in [1.82, 2.24) is 0 Å². The second kappa shape index (κ2) is 7.54. The monoisotopic (exact) mass is 356 g/mol. The van der Waals surface area contributed by atoms with Gasteiger partial charge in [-0.15, -0.1) is 0 Å². The molecule has 0 saturated carbocycles. The van der Waals surface area contributed by atoms with Crippen LogP contribution in [0.2, 0.25) is 10.0 Å². The molecule has 0 atom stereocenters. The van der Waals surface area contributed by atoms with Crippen LogP contribution in [0.5, 0.6) is 5.75 Å². The average molecular weight is 357 g/mol. The molecule has 7 heteroatoms. The molecule has 0 bridgehead atoms. The first-order valence-electron chi connectivity index (χ1n) is 6.07. The number of carbonyl (C=O) groups excluding carboxylic acids is 1. The second-order valence-electron chi connectivity index (χ2n) is 4.14. The third-order valence-corrected chi connectivity index (χ3v) is 4.28. The van der Waals surface area contributed by atoms with E-state index in [1.165, 1.54) is 30.0 Å². The number of allylic oxidation sites excluding steroid dienone is 4. The molecule has 1 N–H and O–H groups in total. The van der Waals surface area contributed by atoms with Gasteiger partial charge in [0.15, 0.2) is 12.4 Å². The lowest BCUT2D eigenvalue weighted by Gasteiger charge is -2.09. The van der Waals surface area contributed by atoms with Crippen molar-refractivity contribution < 1.29 is 19.4 Å². The molecule has 22 heavy (non-hydrogen) atoms. The molecule has 0 aromatic heterocycles. The fourth-order valence-electron chi connectivity index (χ4n) is 1.61. The summed E-state index contributed by atoms with van der Waals surface area (Å²) < 4.78 is 5.00. The van der Waals surface area contributed by atoms with Crippen molar-refractivity contribution in [2.24, 2.45) is 0 Å². The van der Waals surface area contributed by atoms with Gasteiger partial charge in [-0.3, -0.25) is 4.79 Å². The Hall–Kier alpha value is -1.69. The predicted molar refractivity (Wildman–Crippen MR) is 87.9 cm³/mol. The number of carboxylic acid groups (broad SMARTS) is 1. The molecule has 1 aromatic rings. The number of thioether (sulfide) groups is 1. The highest BCUT2D eigenvalue weighted by atomic mass is 35.5. The number of rotatable bonds is 5. The third kappa shape index (κ3) is 4.16. The molecule has 0 amide bonds. The standard InChI is InChI=1S/C15H10Cl2O4S/c16-14-10(11(18)7-9-3-1-2-6-22-9)4-5-12(15(14)17)21-8-13(19)20/h1-7H,8H2,(H,19,20). The van der Waals surface area contributed by atoms with E-state index in [1.807, 2.05) is 23.6 Å². The van der Waals surface area contributed by atoms with E-state index in [0.717, 1.165) is 4.91 Å². The fourth-order valence-corrected chi connectivity index (χ4v) is 2.74. The van der Waals surface area contributed by atoms with Gasteiger partial charge < -0.3 is 9.84 Å². The van der Waals surface area contributed by atoms with E-state index in [-0.39, 0.29) is 27.1 Å². The molecular weight excluding hydrogens is 347 g/mol. The second-order valence-corrected chi connectivity index (χ2v) is 5.87. The molecule has 114 valence electrons. The minimum Gasteiger partial charge on any atom is -0.480 e. The Morgan fingerprint density at radius 3 is 2.64 bits per heavy atom. The average Bonchev–Trinajstić information content (AvgIpc) is 2.49. The Kier molecular flexibility index (Phi) is 5.71. The first-order chi connectivity index (χ1) is 10.5. The van der Waals surface area contributed by atoms with Gasteiger partial charge in [0.25, 0.3) is 0 Å². The van der Waals surface area contributed by atoms with Gasteiger partial charge in [-0.2, -0.15) is 0 Å². The van der Waals surface area contributed by atoms with Crippen molar-refractivity contribution in [2.45, 2.75) is 0 Å². The van der Waals surface area contributed by atoms with E-state index < -0.39 is 12.6 Å². The Labute approximate surface area is 141 Å². The summed E-state index contributed by atoms with van der Waals surface area (Å²) in [5.41, 5.74) is 0.227. The summed E-state index contributed by atoms with van der Waals surface area (Å²) in [5, 5.41) is 10.5. The van der Waals surface area contributed by atoms with Crippen LogP contribution in [0.3, 0.4) is 0 Å². The van der Waals surface area contributed by atoms with Gasteiger partial charge in [-0.05, 0) is 23.6 Å². The fraction of sp³-hybridized carbons (Fsp3) is 0.0667. The zero-order valence-electron chi connectivity index (χ0n) is 11.1. The number of ether oxygens (including phenoxy) is 1. The molecule has 4 nitrogen and oxygen atoms in total. The molecule has 0 aliphatic carbocycles. The number of carbonyl (C=O) groups is 2. The summed E-state index contributed by atoms with van der Waals surface area (Å²) in [6.07, 6.45) is 6.96.